The molecule has 3 unspecified atom stereocenters. The molecule has 8 heteroatoms. The highest BCUT2D eigenvalue weighted by atomic mass is 16.8. The molecule has 2 saturated carbocycles. The Bertz CT molecular complexity index is 980. The Balaban J connectivity index is 1.46. The van der Waals surface area contributed by atoms with E-state index >= 15 is 0 Å². The van der Waals surface area contributed by atoms with Crippen LogP contribution in [0.3, 0.4) is 0 Å². The molecule has 0 aromatic heterocycles. The zero-order valence-electron chi connectivity index (χ0n) is 19.9. The fourth-order valence-electron chi connectivity index (χ4n) is 5.00. The zero-order valence-corrected chi connectivity index (χ0v) is 19.9. The summed E-state index contributed by atoms with van der Waals surface area (Å²) in [5.74, 6) is -5.30. The number of allylic oxidation sites excluding steroid dienone is 4. The van der Waals surface area contributed by atoms with Crippen molar-refractivity contribution < 1.29 is 38.4 Å². The molecule has 2 aliphatic carbocycles. The first-order valence-electron chi connectivity index (χ1n) is 12.0. The maximum Gasteiger partial charge on any atom is 0.348 e. The van der Waals surface area contributed by atoms with Crippen LogP contribution >= 0.6 is 0 Å². The molecule has 0 amide bonds. The first-order chi connectivity index (χ1) is 16.2. The Labute approximate surface area is 199 Å². The topological polar surface area (TPSA) is 111 Å². The number of ether oxygens (including phenoxy) is 4. The lowest BCUT2D eigenvalue weighted by molar-refractivity contribution is -0.407. The first kappa shape index (κ1) is 24.1. The smallest absolute Gasteiger partial charge is 0.348 e. The van der Waals surface area contributed by atoms with Crippen molar-refractivity contribution in [3.63, 3.8) is 0 Å². The molecule has 3 atom stereocenters. The van der Waals surface area contributed by atoms with E-state index in [2.05, 4.69) is 0 Å². The van der Waals surface area contributed by atoms with E-state index in [1.807, 2.05) is 13.8 Å². The quantitative estimate of drug-likeness (QED) is 0.266. The molecule has 2 heterocycles. The van der Waals surface area contributed by atoms with E-state index in [1.54, 1.807) is 6.92 Å². The summed E-state index contributed by atoms with van der Waals surface area (Å²) in [4.78, 5) is 37.6. The Morgan fingerprint density at radius 3 is 1.91 bits per heavy atom. The fourth-order valence-corrected chi connectivity index (χ4v) is 5.00. The van der Waals surface area contributed by atoms with Gasteiger partial charge in [-0.3, -0.25) is 0 Å². The van der Waals surface area contributed by atoms with E-state index in [0.29, 0.717) is 18.4 Å². The standard InChI is InChI=1S/C26H32O8/c1-16(10-12-19-21(27)31-25(32-22(19)28)14-6-4-8-17(25)2)11-13-20-23(29)33-26(34-24(20)30)15-7-5-9-18(26)3/h10-13,17-18,27H,4-9,14-15H2,1-3H3/p-1. The predicted molar refractivity (Wildman–Crippen MR) is 118 cm³/mol. The van der Waals surface area contributed by atoms with Crippen LogP contribution in [0.25, 0.3) is 0 Å². The molecule has 0 aromatic carbocycles. The van der Waals surface area contributed by atoms with Gasteiger partial charge in [0.15, 0.2) is 5.79 Å². The number of hydrogen-bond acceptors (Lipinski definition) is 8. The molecule has 34 heavy (non-hydrogen) atoms. The Morgan fingerprint density at radius 1 is 0.853 bits per heavy atom. The van der Waals surface area contributed by atoms with Crippen LogP contribution in [-0.4, -0.2) is 29.5 Å². The number of carbonyl (C=O) groups is 3. The van der Waals surface area contributed by atoms with E-state index in [-0.39, 0.29) is 23.0 Å². The third kappa shape index (κ3) is 4.50. The summed E-state index contributed by atoms with van der Waals surface area (Å²) in [6.45, 7) is 5.53. The summed E-state index contributed by atoms with van der Waals surface area (Å²) in [5, 5.41) is 12.5. The van der Waals surface area contributed by atoms with Gasteiger partial charge < -0.3 is 24.1 Å². The van der Waals surface area contributed by atoms with Gasteiger partial charge in [-0.25, -0.2) is 14.4 Å². The average Bonchev–Trinajstić information content (AvgIpc) is 2.77. The molecule has 4 rings (SSSR count). The van der Waals surface area contributed by atoms with Gasteiger partial charge in [0.25, 0.3) is 5.79 Å². The third-order valence-corrected chi connectivity index (χ3v) is 7.29. The summed E-state index contributed by atoms with van der Waals surface area (Å²) >= 11 is 0. The molecule has 0 bridgehead atoms. The summed E-state index contributed by atoms with van der Waals surface area (Å²) in [7, 11) is 0. The Kier molecular flexibility index (Phi) is 6.60. The minimum atomic E-state index is -1.17. The van der Waals surface area contributed by atoms with E-state index < -0.39 is 35.4 Å². The zero-order chi connectivity index (χ0) is 24.5. The fraction of sp³-hybridized carbons (Fsp3) is 0.577. The lowest BCUT2D eigenvalue weighted by Crippen LogP contribution is -2.52. The second-order valence-electron chi connectivity index (χ2n) is 9.71. The average molecular weight is 472 g/mol. The molecule has 0 N–H and O–H groups in total. The molecule has 0 radical (unpaired) electrons. The molecular formula is C26H31O8-. The molecule has 184 valence electrons. The summed E-state index contributed by atoms with van der Waals surface area (Å²) in [6.07, 6.45) is 12.0. The summed E-state index contributed by atoms with van der Waals surface area (Å²) < 4.78 is 22.3. The Morgan fingerprint density at radius 2 is 1.38 bits per heavy atom. The van der Waals surface area contributed by atoms with Crippen molar-refractivity contribution >= 4 is 17.9 Å². The van der Waals surface area contributed by atoms with E-state index in [0.717, 1.165) is 38.5 Å². The maximum absolute atomic E-state index is 12.5. The van der Waals surface area contributed by atoms with Gasteiger partial charge in [-0.15, -0.1) is 0 Å². The van der Waals surface area contributed by atoms with Crippen molar-refractivity contribution in [3.05, 3.63) is 47.0 Å². The molecule has 8 nitrogen and oxygen atoms in total. The summed E-state index contributed by atoms with van der Waals surface area (Å²) in [6, 6.07) is 0. The van der Waals surface area contributed by atoms with Gasteiger partial charge in [-0.1, -0.05) is 44.4 Å². The lowest BCUT2D eigenvalue weighted by atomic mass is 9.84. The normalized spacial score (nSPS) is 34.7. The third-order valence-electron chi connectivity index (χ3n) is 7.29. The Hall–Kier alpha value is -3.03. The van der Waals surface area contributed by atoms with Crippen LogP contribution in [-0.2, 0) is 33.3 Å². The molecule has 3 fully saturated rings. The second kappa shape index (κ2) is 9.31. The van der Waals surface area contributed by atoms with E-state index in [9.17, 15) is 19.5 Å². The van der Waals surface area contributed by atoms with Crippen LogP contribution < -0.4 is 5.11 Å². The number of hydrogen-bond donors (Lipinski definition) is 0. The van der Waals surface area contributed by atoms with Gasteiger partial charge in [0.05, 0.1) is 11.5 Å². The lowest BCUT2D eigenvalue weighted by Gasteiger charge is -2.50. The maximum atomic E-state index is 12.5. The molecule has 2 aliphatic heterocycles. The van der Waals surface area contributed by atoms with Gasteiger partial charge in [-0.2, -0.15) is 0 Å². The van der Waals surface area contributed by atoms with Gasteiger partial charge in [0.1, 0.15) is 5.57 Å². The number of rotatable bonds is 3. The minimum Gasteiger partial charge on any atom is -0.574 e. The largest absolute Gasteiger partial charge is 0.574 e. The van der Waals surface area contributed by atoms with Crippen molar-refractivity contribution in [2.24, 2.45) is 11.8 Å². The van der Waals surface area contributed by atoms with Gasteiger partial charge >= 0.3 is 17.9 Å². The van der Waals surface area contributed by atoms with Crippen LogP contribution in [0.4, 0.5) is 0 Å². The van der Waals surface area contributed by atoms with Gasteiger partial charge in [0.2, 0.25) is 0 Å². The van der Waals surface area contributed by atoms with Crippen LogP contribution in [0, 0.1) is 11.8 Å². The molecule has 4 aliphatic rings. The van der Waals surface area contributed by atoms with Crippen molar-refractivity contribution in [3.8, 4) is 0 Å². The molecule has 1 saturated heterocycles. The first-order valence-corrected chi connectivity index (χ1v) is 12.0. The molecular weight excluding hydrogens is 440 g/mol. The van der Waals surface area contributed by atoms with Crippen LogP contribution in [0.1, 0.15) is 72.1 Å². The number of esters is 3. The van der Waals surface area contributed by atoms with Crippen molar-refractivity contribution in [2.45, 2.75) is 83.7 Å². The van der Waals surface area contributed by atoms with E-state index in [4.69, 9.17) is 18.9 Å². The second-order valence-corrected chi connectivity index (χ2v) is 9.71. The highest BCUT2D eigenvalue weighted by Crippen LogP contribution is 2.42. The molecule has 2 spiro atoms. The van der Waals surface area contributed by atoms with Crippen LogP contribution in [0.15, 0.2) is 47.0 Å². The SMILES string of the molecule is CC(C=CC1=C([O-])OC2(CCCCC2C)OC1=O)=CC=C1C(=O)OC2(CCCCC2C)OC1=O. The van der Waals surface area contributed by atoms with Crippen LogP contribution in [0.2, 0.25) is 0 Å². The van der Waals surface area contributed by atoms with Crippen molar-refractivity contribution in [1.29, 1.82) is 0 Å². The van der Waals surface area contributed by atoms with Crippen molar-refractivity contribution in [1.82, 2.24) is 0 Å². The highest BCUT2D eigenvalue weighted by molar-refractivity contribution is 6.15. The van der Waals surface area contributed by atoms with Gasteiger partial charge in [-0.05, 0) is 51.2 Å². The van der Waals surface area contributed by atoms with Crippen molar-refractivity contribution in [2.75, 3.05) is 0 Å². The molecule has 0 aromatic rings. The van der Waals surface area contributed by atoms with Crippen LogP contribution in [0.5, 0.6) is 0 Å². The predicted octanol–water partition coefficient (Wildman–Crippen LogP) is 3.47. The summed E-state index contributed by atoms with van der Waals surface area (Å²) in [5.41, 5.74) is 0.181. The monoisotopic (exact) mass is 471 g/mol. The minimum absolute atomic E-state index is 0.0568. The van der Waals surface area contributed by atoms with Gasteiger partial charge in [0, 0.05) is 18.3 Å². The number of carbonyl (C=O) groups excluding carboxylic acids is 3. The van der Waals surface area contributed by atoms with E-state index in [1.165, 1.54) is 24.3 Å². The highest BCUT2D eigenvalue weighted by Gasteiger charge is 2.50.